The van der Waals surface area contributed by atoms with E-state index in [9.17, 15) is 24.0 Å². The van der Waals surface area contributed by atoms with E-state index in [1.165, 1.54) is 20.8 Å². The quantitative estimate of drug-likeness (QED) is 0.0906. The Morgan fingerprint density at radius 3 is 1.46 bits per heavy atom. The average molecular weight is 812 g/mol. The summed E-state index contributed by atoms with van der Waals surface area (Å²) in [6, 6.07) is 16.0. The molecule has 0 radical (unpaired) electrons. The van der Waals surface area contributed by atoms with E-state index >= 15 is 0 Å². The number of allylic oxidation sites excluding steroid dienone is 6. The second kappa shape index (κ2) is 19.2. The van der Waals surface area contributed by atoms with Crippen LogP contribution < -0.4 is 16.0 Å². The summed E-state index contributed by atoms with van der Waals surface area (Å²) in [7, 11) is 1.56. The first kappa shape index (κ1) is 42.8. The van der Waals surface area contributed by atoms with Gasteiger partial charge in [0.1, 0.15) is 6.61 Å². The number of thiophene rings is 2. The number of ether oxygens (including phenoxy) is 3. The normalized spacial score (nSPS) is 16.8. The molecule has 11 nitrogen and oxygen atoms in total. The molecular formula is C44H49N3O8S2. The SMILES string of the molecule is CC(=O)NCCCOC(=O)C1=C(C)NC(C)=C(C(C)=O)C1c1csc2ccccc12.COCCOC(=O)C1=C(C)NC(C)=C(C(C)=O)C1c1csc2ccccc12. The Labute approximate surface area is 340 Å². The summed E-state index contributed by atoms with van der Waals surface area (Å²) < 4.78 is 18.1. The Kier molecular flexibility index (Phi) is 14.4. The van der Waals surface area contributed by atoms with Gasteiger partial charge < -0.3 is 30.2 Å². The molecule has 2 aliphatic rings. The minimum atomic E-state index is -0.484. The molecule has 4 aromatic rings. The Balaban J connectivity index is 0.000000219. The number of amides is 1. The number of dihydropyridines is 2. The van der Waals surface area contributed by atoms with Crippen LogP contribution in [0, 0.1) is 0 Å². The maximum absolute atomic E-state index is 13.1. The summed E-state index contributed by atoms with van der Waals surface area (Å²) in [5, 5.41) is 15.2. The van der Waals surface area contributed by atoms with Crippen LogP contribution in [-0.4, -0.2) is 62.9 Å². The number of Topliss-reactive ketones (excluding diaryl/α,β-unsaturated/α-hetero) is 2. The van der Waals surface area contributed by atoms with E-state index < -0.39 is 23.8 Å². The fourth-order valence-corrected chi connectivity index (χ4v) is 9.38. The number of methoxy groups -OCH3 is 1. The zero-order valence-corrected chi connectivity index (χ0v) is 35.2. The molecule has 0 saturated carbocycles. The lowest BCUT2D eigenvalue weighted by atomic mass is 9.79. The van der Waals surface area contributed by atoms with Gasteiger partial charge in [-0.05, 0) is 92.8 Å². The Morgan fingerprint density at radius 2 is 1.04 bits per heavy atom. The van der Waals surface area contributed by atoms with Crippen LogP contribution >= 0.6 is 22.7 Å². The van der Waals surface area contributed by atoms with Crippen molar-refractivity contribution in [2.24, 2.45) is 0 Å². The van der Waals surface area contributed by atoms with Crippen LogP contribution in [0.15, 0.2) is 104 Å². The molecule has 2 atom stereocenters. The van der Waals surface area contributed by atoms with Gasteiger partial charge in [-0.15, -0.1) is 22.7 Å². The predicted octanol–water partition coefficient (Wildman–Crippen LogP) is 7.71. The molecule has 2 aliphatic heterocycles. The molecular weight excluding hydrogens is 763 g/mol. The maximum Gasteiger partial charge on any atom is 0.336 e. The summed E-state index contributed by atoms with van der Waals surface area (Å²) in [4.78, 5) is 62.0. The van der Waals surface area contributed by atoms with Crippen molar-refractivity contribution in [2.45, 2.75) is 66.7 Å². The first-order chi connectivity index (χ1) is 27.3. The Hall–Kier alpha value is -5.37. The smallest absolute Gasteiger partial charge is 0.336 e. The number of fused-ring (bicyclic) bond motifs is 2. The second-order valence-electron chi connectivity index (χ2n) is 13.9. The van der Waals surface area contributed by atoms with Crippen LogP contribution in [0.2, 0.25) is 0 Å². The number of carbonyl (C=O) groups excluding carboxylic acids is 5. The van der Waals surface area contributed by atoms with Gasteiger partial charge in [-0.25, -0.2) is 9.59 Å². The van der Waals surface area contributed by atoms with Gasteiger partial charge in [0.05, 0.1) is 24.4 Å². The van der Waals surface area contributed by atoms with Crippen LogP contribution in [0.5, 0.6) is 0 Å². The molecule has 0 aliphatic carbocycles. The van der Waals surface area contributed by atoms with Crippen LogP contribution in [0.1, 0.15) is 77.8 Å². The molecule has 2 aromatic carbocycles. The van der Waals surface area contributed by atoms with Crippen molar-refractivity contribution in [2.75, 3.05) is 33.5 Å². The lowest BCUT2D eigenvalue weighted by molar-refractivity contribution is -0.141. The van der Waals surface area contributed by atoms with E-state index in [0.717, 1.165) is 42.7 Å². The van der Waals surface area contributed by atoms with Crippen molar-refractivity contribution in [1.82, 2.24) is 16.0 Å². The molecule has 300 valence electrons. The number of hydrogen-bond donors (Lipinski definition) is 3. The highest BCUT2D eigenvalue weighted by Crippen LogP contribution is 2.45. The number of rotatable bonds is 13. The number of nitrogens with one attached hydrogen (secondary N) is 3. The van der Waals surface area contributed by atoms with E-state index in [1.807, 2.05) is 87.0 Å². The summed E-state index contributed by atoms with van der Waals surface area (Å²) in [6.07, 6.45) is 0.519. The number of carbonyl (C=O) groups is 5. The molecule has 1 amide bonds. The minimum Gasteiger partial charge on any atom is -0.462 e. The van der Waals surface area contributed by atoms with E-state index in [2.05, 4.69) is 16.0 Å². The van der Waals surface area contributed by atoms with Crippen molar-refractivity contribution in [3.05, 3.63) is 115 Å². The summed E-state index contributed by atoms with van der Waals surface area (Å²) >= 11 is 3.21. The van der Waals surface area contributed by atoms with Crippen LogP contribution in [0.4, 0.5) is 0 Å². The highest BCUT2D eigenvalue weighted by atomic mass is 32.1. The average Bonchev–Trinajstić information content (AvgIpc) is 3.78. The highest BCUT2D eigenvalue weighted by Gasteiger charge is 2.38. The molecule has 3 N–H and O–H groups in total. The van der Waals surface area contributed by atoms with Crippen molar-refractivity contribution in [3.8, 4) is 0 Å². The van der Waals surface area contributed by atoms with E-state index in [0.29, 0.717) is 53.3 Å². The summed E-state index contributed by atoms with van der Waals surface area (Å²) in [5.74, 6) is -2.07. The third-order valence-corrected chi connectivity index (χ3v) is 11.8. The van der Waals surface area contributed by atoms with Crippen LogP contribution in [-0.2, 0) is 38.2 Å². The van der Waals surface area contributed by atoms with Gasteiger partial charge in [0.15, 0.2) is 11.6 Å². The molecule has 0 saturated heterocycles. The van der Waals surface area contributed by atoms with Gasteiger partial charge in [0, 0.05) is 75.7 Å². The summed E-state index contributed by atoms with van der Waals surface area (Å²) in [6.45, 7) is 13.0. The number of ketones is 2. The maximum atomic E-state index is 13.1. The number of hydrogen-bond acceptors (Lipinski definition) is 12. The number of benzene rings is 2. The third kappa shape index (κ3) is 9.61. The van der Waals surface area contributed by atoms with Gasteiger partial charge in [-0.1, -0.05) is 36.4 Å². The Bertz CT molecular complexity index is 2340. The van der Waals surface area contributed by atoms with E-state index in [-0.39, 0.29) is 30.7 Å². The first-order valence-electron chi connectivity index (χ1n) is 18.7. The zero-order valence-electron chi connectivity index (χ0n) is 33.5. The lowest BCUT2D eigenvalue weighted by Gasteiger charge is -2.30. The molecule has 57 heavy (non-hydrogen) atoms. The largest absolute Gasteiger partial charge is 0.462 e. The Morgan fingerprint density at radius 1 is 0.614 bits per heavy atom. The molecule has 0 spiro atoms. The number of esters is 2. The van der Waals surface area contributed by atoms with Gasteiger partial charge in [-0.2, -0.15) is 0 Å². The minimum absolute atomic E-state index is 0.0602. The first-order valence-corrected chi connectivity index (χ1v) is 20.4. The van der Waals surface area contributed by atoms with Gasteiger partial charge in [0.2, 0.25) is 5.91 Å². The van der Waals surface area contributed by atoms with Crippen LogP contribution in [0.3, 0.4) is 0 Å². The van der Waals surface area contributed by atoms with E-state index in [4.69, 9.17) is 14.2 Å². The molecule has 2 aromatic heterocycles. The second-order valence-corrected chi connectivity index (χ2v) is 15.7. The highest BCUT2D eigenvalue weighted by molar-refractivity contribution is 7.17. The van der Waals surface area contributed by atoms with Gasteiger partial charge >= 0.3 is 11.9 Å². The van der Waals surface area contributed by atoms with Gasteiger partial charge in [0.25, 0.3) is 0 Å². The summed E-state index contributed by atoms with van der Waals surface area (Å²) in [5.41, 5.74) is 6.92. The zero-order chi connectivity index (χ0) is 41.4. The standard InChI is InChI=1S/C23H26N2O4S.C21H23NO4S/c1-13-20(15(3)26)22(18-12-30-19-9-6-5-8-17(18)19)21(14(2)25-13)23(28)29-11-7-10-24-16(4)27;1-12-18(14(3)23)20(16-11-27-17-8-6-5-7-15(16)17)19(13(2)22-12)21(24)26-10-9-25-4/h5-6,8-9,12,22,25H,7,10-11H2,1-4H3,(H,24,27);5-8,11,20,22H,9-10H2,1-4H3. The fourth-order valence-electron chi connectivity index (χ4n) is 7.40. The van der Waals surface area contributed by atoms with Crippen molar-refractivity contribution >= 4 is 72.3 Å². The molecule has 0 bridgehead atoms. The third-order valence-electron chi connectivity index (χ3n) is 9.81. The molecule has 2 unspecified atom stereocenters. The predicted molar refractivity (Wildman–Crippen MR) is 225 cm³/mol. The topological polar surface area (TPSA) is 149 Å². The van der Waals surface area contributed by atoms with Crippen molar-refractivity contribution in [3.63, 3.8) is 0 Å². The van der Waals surface area contributed by atoms with Crippen LogP contribution in [0.25, 0.3) is 20.2 Å². The fraction of sp³-hybridized carbons (Fsp3) is 0.341. The van der Waals surface area contributed by atoms with Crippen molar-refractivity contribution in [1.29, 1.82) is 0 Å². The molecule has 13 heteroatoms. The van der Waals surface area contributed by atoms with Gasteiger partial charge in [-0.3, -0.25) is 14.4 Å². The van der Waals surface area contributed by atoms with Crippen molar-refractivity contribution < 1.29 is 38.2 Å². The molecule has 6 rings (SSSR count). The van der Waals surface area contributed by atoms with E-state index in [1.54, 1.807) is 29.8 Å². The molecule has 0 fully saturated rings. The molecule has 4 heterocycles. The monoisotopic (exact) mass is 811 g/mol. The lowest BCUT2D eigenvalue weighted by Crippen LogP contribution is -2.31.